The van der Waals surface area contributed by atoms with Crippen molar-refractivity contribution < 1.29 is 0 Å². The maximum absolute atomic E-state index is 6.21. The Morgan fingerprint density at radius 2 is 2.17 bits per heavy atom. The molecule has 1 aliphatic carbocycles. The molecule has 0 bridgehead atoms. The van der Waals surface area contributed by atoms with Crippen LogP contribution in [0.3, 0.4) is 0 Å². The number of nitrogens with zero attached hydrogens (tertiary/aromatic N) is 3. The molecule has 1 unspecified atom stereocenters. The first-order valence-electron chi connectivity index (χ1n) is 6.92. The van der Waals surface area contributed by atoms with Gasteiger partial charge in [0.15, 0.2) is 0 Å². The van der Waals surface area contributed by atoms with Crippen LogP contribution in [0.1, 0.15) is 51.4 Å². The van der Waals surface area contributed by atoms with Gasteiger partial charge in [-0.2, -0.15) is 16.9 Å². The number of hydrogen-bond acceptors (Lipinski definition) is 4. The molecule has 18 heavy (non-hydrogen) atoms. The van der Waals surface area contributed by atoms with Crippen LogP contribution in [0.15, 0.2) is 6.33 Å². The molecule has 1 fully saturated rings. The van der Waals surface area contributed by atoms with Crippen LogP contribution in [0.2, 0.25) is 0 Å². The van der Waals surface area contributed by atoms with E-state index < -0.39 is 0 Å². The van der Waals surface area contributed by atoms with E-state index in [0.29, 0.717) is 6.04 Å². The van der Waals surface area contributed by atoms with Crippen LogP contribution in [-0.2, 0) is 6.42 Å². The summed E-state index contributed by atoms with van der Waals surface area (Å²) >= 11 is 2.05. The molecule has 102 valence electrons. The summed E-state index contributed by atoms with van der Waals surface area (Å²) in [6.07, 6.45) is 8.01. The van der Waals surface area contributed by atoms with Gasteiger partial charge in [-0.3, -0.25) is 0 Å². The van der Waals surface area contributed by atoms with Crippen LogP contribution in [0.25, 0.3) is 0 Å². The van der Waals surface area contributed by atoms with Gasteiger partial charge in [-0.25, -0.2) is 9.67 Å². The molecule has 1 aromatic heterocycles. The number of aromatic nitrogens is 3. The smallest absolute Gasteiger partial charge is 0.138 e. The minimum absolute atomic E-state index is 0.192. The first kappa shape index (κ1) is 13.9. The Bertz CT molecular complexity index is 358. The first-order chi connectivity index (χ1) is 8.66. The van der Waals surface area contributed by atoms with Crippen LogP contribution >= 0.6 is 11.8 Å². The number of nitrogens with two attached hydrogens (primary N) is 1. The monoisotopic (exact) mass is 268 g/mol. The summed E-state index contributed by atoms with van der Waals surface area (Å²) in [5, 5.41) is 5.10. The highest BCUT2D eigenvalue weighted by Gasteiger charge is 2.18. The molecule has 0 saturated heterocycles. The van der Waals surface area contributed by atoms with Crippen LogP contribution in [0.5, 0.6) is 0 Å². The molecule has 0 spiro atoms. The Kier molecular flexibility index (Phi) is 5.06. The second-order valence-electron chi connectivity index (χ2n) is 5.42. The molecule has 5 heteroatoms. The zero-order chi connectivity index (χ0) is 13.0. The van der Waals surface area contributed by atoms with Crippen LogP contribution in [0, 0.1) is 0 Å². The Labute approximate surface area is 114 Å². The van der Waals surface area contributed by atoms with Gasteiger partial charge in [0, 0.05) is 29.5 Å². The molecule has 1 aromatic rings. The first-order valence-corrected chi connectivity index (χ1v) is 7.97. The van der Waals surface area contributed by atoms with E-state index in [9.17, 15) is 0 Å². The third-order valence-corrected chi connectivity index (χ3v) is 4.99. The normalized spacial score (nSPS) is 18.7. The van der Waals surface area contributed by atoms with E-state index in [-0.39, 0.29) is 6.04 Å². The molecule has 2 N–H and O–H groups in total. The summed E-state index contributed by atoms with van der Waals surface area (Å²) in [5.74, 6) is 2.06. The quantitative estimate of drug-likeness (QED) is 0.861. The lowest BCUT2D eigenvalue weighted by atomic mass is 10.2. The fourth-order valence-electron chi connectivity index (χ4n) is 2.46. The van der Waals surface area contributed by atoms with Gasteiger partial charge in [0.25, 0.3) is 0 Å². The van der Waals surface area contributed by atoms with E-state index in [1.165, 1.54) is 25.7 Å². The molecular weight excluding hydrogens is 244 g/mol. The summed E-state index contributed by atoms with van der Waals surface area (Å²) in [7, 11) is 0. The van der Waals surface area contributed by atoms with Crippen molar-refractivity contribution >= 4 is 11.8 Å². The Hall–Kier alpha value is -0.550. The molecule has 0 aliphatic heterocycles. The van der Waals surface area contributed by atoms with E-state index in [0.717, 1.165) is 23.2 Å². The van der Waals surface area contributed by atoms with Gasteiger partial charge in [-0.05, 0) is 26.7 Å². The van der Waals surface area contributed by atoms with Crippen molar-refractivity contribution in [2.75, 3.05) is 5.75 Å². The number of thioether (sulfide) groups is 1. The standard InChI is InChI=1S/C13H24N4S/c1-10(2)17-13(15-9-16-17)7-11(14)8-18-12-5-3-4-6-12/h9-12H,3-8,14H2,1-2H3. The maximum atomic E-state index is 6.21. The van der Waals surface area contributed by atoms with Crippen molar-refractivity contribution in [3.05, 3.63) is 12.2 Å². The fourth-order valence-corrected chi connectivity index (χ4v) is 3.76. The summed E-state index contributed by atoms with van der Waals surface area (Å²) < 4.78 is 1.97. The molecule has 4 nitrogen and oxygen atoms in total. The second-order valence-corrected chi connectivity index (χ2v) is 6.75. The van der Waals surface area contributed by atoms with Gasteiger partial charge in [-0.15, -0.1) is 0 Å². The van der Waals surface area contributed by atoms with Crippen LogP contribution in [0.4, 0.5) is 0 Å². The van der Waals surface area contributed by atoms with Crippen molar-refractivity contribution in [2.24, 2.45) is 5.73 Å². The maximum Gasteiger partial charge on any atom is 0.138 e. The second kappa shape index (κ2) is 6.57. The summed E-state index contributed by atoms with van der Waals surface area (Å²) in [5.41, 5.74) is 6.21. The fraction of sp³-hybridized carbons (Fsp3) is 0.846. The van der Waals surface area contributed by atoms with Crippen molar-refractivity contribution in [2.45, 2.75) is 63.3 Å². The minimum atomic E-state index is 0.192. The zero-order valence-electron chi connectivity index (χ0n) is 11.4. The third kappa shape index (κ3) is 3.72. The lowest BCUT2D eigenvalue weighted by molar-refractivity contribution is 0.496. The van der Waals surface area contributed by atoms with Gasteiger partial charge in [0.05, 0.1) is 0 Å². The molecule has 1 aliphatic rings. The molecule has 0 amide bonds. The summed E-state index contributed by atoms with van der Waals surface area (Å²) in [4.78, 5) is 4.32. The van der Waals surface area contributed by atoms with Gasteiger partial charge in [0.1, 0.15) is 12.2 Å². The van der Waals surface area contributed by atoms with E-state index >= 15 is 0 Å². The summed E-state index contributed by atoms with van der Waals surface area (Å²) in [6.45, 7) is 4.24. The SMILES string of the molecule is CC(C)n1ncnc1CC(N)CSC1CCCC1. The van der Waals surface area contributed by atoms with Crippen molar-refractivity contribution in [3.63, 3.8) is 0 Å². The molecule has 0 radical (unpaired) electrons. The van der Waals surface area contributed by atoms with E-state index in [1.807, 2.05) is 16.4 Å². The lowest BCUT2D eigenvalue weighted by Gasteiger charge is -2.15. The topological polar surface area (TPSA) is 56.7 Å². The Morgan fingerprint density at radius 3 is 2.83 bits per heavy atom. The van der Waals surface area contributed by atoms with Crippen molar-refractivity contribution in [1.82, 2.24) is 14.8 Å². The molecule has 1 atom stereocenters. The van der Waals surface area contributed by atoms with Crippen molar-refractivity contribution in [1.29, 1.82) is 0 Å². The Morgan fingerprint density at radius 1 is 1.44 bits per heavy atom. The zero-order valence-corrected chi connectivity index (χ0v) is 12.2. The molecule has 0 aromatic carbocycles. The van der Waals surface area contributed by atoms with Crippen LogP contribution < -0.4 is 5.73 Å². The molecule has 1 heterocycles. The van der Waals surface area contributed by atoms with Crippen molar-refractivity contribution in [3.8, 4) is 0 Å². The average Bonchev–Trinajstić information content (AvgIpc) is 2.96. The molecular formula is C13H24N4S. The third-order valence-electron chi connectivity index (χ3n) is 3.43. The van der Waals surface area contributed by atoms with E-state index in [2.05, 4.69) is 23.9 Å². The predicted molar refractivity (Wildman–Crippen MR) is 76.8 cm³/mol. The Balaban J connectivity index is 1.79. The molecule has 2 rings (SSSR count). The van der Waals surface area contributed by atoms with E-state index in [4.69, 9.17) is 5.73 Å². The number of hydrogen-bond donors (Lipinski definition) is 1. The number of rotatable bonds is 6. The van der Waals surface area contributed by atoms with E-state index in [1.54, 1.807) is 6.33 Å². The highest BCUT2D eigenvalue weighted by molar-refractivity contribution is 7.99. The highest BCUT2D eigenvalue weighted by Crippen LogP contribution is 2.29. The van der Waals surface area contributed by atoms with Gasteiger partial charge in [0.2, 0.25) is 0 Å². The average molecular weight is 268 g/mol. The minimum Gasteiger partial charge on any atom is -0.327 e. The lowest BCUT2D eigenvalue weighted by Crippen LogP contribution is -2.28. The predicted octanol–water partition coefficient (Wildman–Crippen LogP) is 2.40. The highest BCUT2D eigenvalue weighted by atomic mass is 32.2. The van der Waals surface area contributed by atoms with Crippen LogP contribution in [-0.4, -0.2) is 31.8 Å². The van der Waals surface area contributed by atoms with Gasteiger partial charge >= 0.3 is 0 Å². The van der Waals surface area contributed by atoms with Gasteiger partial charge < -0.3 is 5.73 Å². The van der Waals surface area contributed by atoms with Gasteiger partial charge in [-0.1, -0.05) is 12.8 Å². The molecule has 1 saturated carbocycles. The largest absolute Gasteiger partial charge is 0.327 e. The summed E-state index contributed by atoms with van der Waals surface area (Å²) in [6, 6.07) is 0.550.